The number of rotatable bonds is 5. The Labute approximate surface area is 82.0 Å². The van der Waals surface area contributed by atoms with Crippen molar-refractivity contribution in [1.29, 1.82) is 0 Å². The second-order valence-corrected chi connectivity index (χ2v) is 3.02. The highest BCUT2D eigenvalue weighted by Crippen LogP contribution is 2.13. The minimum Gasteiger partial charge on any atom is -0.478 e. The maximum absolute atomic E-state index is 11.0. The van der Waals surface area contributed by atoms with Gasteiger partial charge in [0.25, 0.3) is 0 Å². The Kier molecular flexibility index (Phi) is 4.86. The highest BCUT2D eigenvalue weighted by atomic mass is 16.6. The van der Waals surface area contributed by atoms with E-state index in [1.165, 1.54) is 6.92 Å². The molecule has 0 aliphatic rings. The molecule has 0 bridgehead atoms. The van der Waals surface area contributed by atoms with Crippen LogP contribution < -0.4 is 0 Å². The minimum atomic E-state index is -1.17. The molecular weight excluding hydrogens is 188 g/mol. The molecule has 0 aromatic carbocycles. The van der Waals surface area contributed by atoms with E-state index in [0.717, 1.165) is 0 Å². The Morgan fingerprint density at radius 3 is 2.29 bits per heavy atom. The standard InChI is InChI=1S/C9H14O5/c1-5(6(2)9(12)13)4-8(11)14-7(3)10/h5,7,10H,2,4H2,1,3H3,(H,12,13). The molecule has 0 aliphatic heterocycles. The van der Waals surface area contributed by atoms with Crippen LogP contribution in [0, 0.1) is 5.92 Å². The molecule has 2 unspecified atom stereocenters. The molecule has 0 saturated carbocycles. The van der Waals surface area contributed by atoms with Crippen molar-refractivity contribution in [2.45, 2.75) is 26.6 Å². The summed E-state index contributed by atoms with van der Waals surface area (Å²) in [5.41, 5.74) is -0.0486. The first-order chi connectivity index (χ1) is 6.34. The van der Waals surface area contributed by atoms with Crippen LogP contribution in [0.2, 0.25) is 0 Å². The van der Waals surface area contributed by atoms with E-state index in [0.29, 0.717) is 0 Å². The van der Waals surface area contributed by atoms with Crippen LogP contribution in [0.15, 0.2) is 12.2 Å². The number of hydrogen-bond acceptors (Lipinski definition) is 4. The Hall–Kier alpha value is -1.36. The Balaban J connectivity index is 4.06. The number of aliphatic carboxylic acids is 1. The molecule has 5 nitrogen and oxygen atoms in total. The zero-order chi connectivity index (χ0) is 11.3. The van der Waals surface area contributed by atoms with Gasteiger partial charge in [0, 0.05) is 5.57 Å². The summed E-state index contributed by atoms with van der Waals surface area (Å²) >= 11 is 0. The highest BCUT2D eigenvalue weighted by Gasteiger charge is 2.18. The normalized spacial score (nSPS) is 14.2. The number of carboxylic acids is 1. The summed E-state index contributed by atoms with van der Waals surface area (Å²) in [5.74, 6) is -2.28. The number of aliphatic hydroxyl groups excluding tert-OH is 1. The molecule has 0 aromatic rings. The third kappa shape index (κ3) is 4.61. The molecule has 2 N–H and O–H groups in total. The smallest absolute Gasteiger partial charge is 0.331 e. The maximum atomic E-state index is 11.0. The molecule has 2 atom stereocenters. The van der Waals surface area contributed by atoms with Gasteiger partial charge in [-0.3, -0.25) is 4.79 Å². The van der Waals surface area contributed by atoms with Crippen LogP contribution in [0.4, 0.5) is 0 Å². The summed E-state index contributed by atoms with van der Waals surface area (Å²) in [6.45, 7) is 6.17. The monoisotopic (exact) mass is 202 g/mol. The first-order valence-electron chi connectivity index (χ1n) is 4.14. The molecule has 80 valence electrons. The summed E-state index contributed by atoms with van der Waals surface area (Å²) in [5, 5.41) is 17.2. The fourth-order valence-electron chi connectivity index (χ4n) is 0.822. The first-order valence-corrected chi connectivity index (χ1v) is 4.14. The molecule has 0 rings (SSSR count). The third-order valence-electron chi connectivity index (χ3n) is 1.64. The van der Waals surface area contributed by atoms with E-state index in [4.69, 9.17) is 10.2 Å². The van der Waals surface area contributed by atoms with Crippen LogP contribution in [0.1, 0.15) is 20.3 Å². The van der Waals surface area contributed by atoms with Crippen LogP contribution in [-0.2, 0) is 14.3 Å². The highest BCUT2D eigenvalue weighted by molar-refractivity contribution is 5.87. The number of hydrogen-bond donors (Lipinski definition) is 2. The molecule has 0 radical (unpaired) electrons. The second kappa shape index (κ2) is 5.39. The van der Waals surface area contributed by atoms with E-state index in [2.05, 4.69) is 11.3 Å². The van der Waals surface area contributed by atoms with Gasteiger partial charge in [-0.1, -0.05) is 13.5 Å². The number of carbonyl (C=O) groups is 2. The number of carbonyl (C=O) groups excluding carboxylic acids is 1. The van der Waals surface area contributed by atoms with E-state index in [-0.39, 0.29) is 12.0 Å². The van der Waals surface area contributed by atoms with Gasteiger partial charge in [-0.2, -0.15) is 0 Å². The average Bonchev–Trinajstić information content (AvgIpc) is 2.00. The van der Waals surface area contributed by atoms with Gasteiger partial charge < -0.3 is 14.9 Å². The van der Waals surface area contributed by atoms with Crippen molar-refractivity contribution in [2.75, 3.05) is 0 Å². The van der Waals surface area contributed by atoms with E-state index in [1.807, 2.05) is 0 Å². The summed E-state index contributed by atoms with van der Waals surface area (Å²) < 4.78 is 4.43. The van der Waals surface area contributed by atoms with Crippen molar-refractivity contribution < 1.29 is 24.5 Å². The predicted octanol–water partition coefficient (Wildman–Crippen LogP) is 0.535. The molecule has 0 amide bonds. The van der Waals surface area contributed by atoms with Crippen LogP contribution in [-0.4, -0.2) is 28.4 Å². The zero-order valence-electron chi connectivity index (χ0n) is 8.19. The largest absolute Gasteiger partial charge is 0.478 e. The van der Waals surface area contributed by atoms with E-state index in [9.17, 15) is 9.59 Å². The van der Waals surface area contributed by atoms with Gasteiger partial charge >= 0.3 is 11.9 Å². The zero-order valence-corrected chi connectivity index (χ0v) is 8.19. The Bertz CT molecular complexity index is 244. The van der Waals surface area contributed by atoms with Gasteiger partial charge in [0.2, 0.25) is 0 Å². The number of esters is 1. The third-order valence-corrected chi connectivity index (χ3v) is 1.64. The molecule has 14 heavy (non-hydrogen) atoms. The van der Waals surface area contributed by atoms with Crippen LogP contribution >= 0.6 is 0 Å². The molecule has 0 aliphatic carbocycles. The van der Waals surface area contributed by atoms with Gasteiger partial charge in [-0.05, 0) is 12.8 Å². The molecule has 0 heterocycles. The van der Waals surface area contributed by atoms with Gasteiger partial charge in [-0.25, -0.2) is 4.79 Å². The van der Waals surface area contributed by atoms with E-state index in [1.54, 1.807) is 6.92 Å². The second-order valence-electron chi connectivity index (χ2n) is 3.02. The summed E-state index contributed by atoms with van der Waals surface area (Å²) in [4.78, 5) is 21.4. The minimum absolute atomic E-state index is 0.0486. The van der Waals surface area contributed by atoms with Crippen molar-refractivity contribution >= 4 is 11.9 Å². The first kappa shape index (κ1) is 12.6. The lowest BCUT2D eigenvalue weighted by Gasteiger charge is -2.11. The average molecular weight is 202 g/mol. The van der Waals surface area contributed by atoms with Crippen molar-refractivity contribution in [3.05, 3.63) is 12.2 Å². The topological polar surface area (TPSA) is 83.8 Å². The van der Waals surface area contributed by atoms with Gasteiger partial charge in [0.15, 0.2) is 6.29 Å². The summed E-state index contributed by atoms with van der Waals surface area (Å²) in [6, 6.07) is 0. The molecule has 0 saturated heterocycles. The van der Waals surface area contributed by atoms with Crippen LogP contribution in [0.25, 0.3) is 0 Å². The van der Waals surface area contributed by atoms with Crippen LogP contribution in [0.3, 0.4) is 0 Å². The Morgan fingerprint density at radius 2 is 1.93 bits per heavy atom. The number of carboxylic acid groups (broad SMARTS) is 1. The molecule has 0 fully saturated rings. The molecule has 5 heteroatoms. The van der Waals surface area contributed by atoms with Gasteiger partial charge in [0.05, 0.1) is 6.42 Å². The van der Waals surface area contributed by atoms with E-state index < -0.39 is 24.1 Å². The fourth-order valence-corrected chi connectivity index (χ4v) is 0.822. The van der Waals surface area contributed by atoms with Crippen molar-refractivity contribution in [3.63, 3.8) is 0 Å². The molecule has 0 aromatic heterocycles. The number of aliphatic hydroxyl groups is 1. The predicted molar refractivity (Wildman–Crippen MR) is 48.3 cm³/mol. The lowest BCUT2D eigenvalue weighted by atomic mass is 9.99. The summed E-state index contributed by atoms with van der Waals surface area (Å²) in [6.07, 6.45) is -1.27. The lowest BCUT2D eigenvalue weighted by Crippen LogP contribution is -2.18. The maximum Gasteiger partial charge on any atom is 0.331 e. The van der Waals surface area contributed by atoms with Crippen molar-refractivity contribution in [1.82, 2.24) is 0 Å². The van der Waals surface area contributed by atoms with E-state index >= 15 is 0 Å². The molecular formula is C9H14O5. The van der Waals surface area contributed by atoms with Gasteiger partial charge in [0.1, 0.15) is 0 Å². The molecule has 0 spiro atoms. The fraction of sp³-hybridized carbons (Fsp3) is 0.556. The summed E-state index contributed by atoms with van der Waals surface area (Å²) in [7, 11) is 0. The van der Waals surface area contributed by atoms with Crippen molar-refractivity contribution in [3.8, 4) is 0 Å². The quantitative estimate of drug-likeness (QED) is 0.386. The Morgan fingerprint density at radius 1 is 1.43 bits per heavy atom. The van der Waals surface area contributed by atoms with Crippen molar-refractivity contribution in [2.24, 2.45) is 5.92 Å². The SMILES string of the molecule is C=C(C(=O)O)C(C)CC(=O)OC(C)O. The lowest BCUT2D eigenvalue weighted by molar-refractivity contribution is -0.165. The van der Waals surface area contributed by atoms with Crippen LogP contribution in [0.5, 0.6) is 0 Å². The van der Waals surface area contributed by atoms with Gasteiger partial charge in [-0.15, -0.1) is 0 Å². The number of ether oxygens (including phenoxy) is 1.